The summed E-state index contributed by atoms with van der Waals surface area (Å²) in [6.45, 7) is -1.29. The molecule has 0 atom stereocenters. The van der Waals surface area contributed by atoms with Gasteiger partial charge in [-0.1, -0.05) is 24.4 Å². The molecule has 2 fully saturated rings. The quantitative estimate of drug-likeness (QED) is 0.582. The summed E-state index contributed by atoms with van der Waals surface area (Å²) in [5, 5.41) is 5.09. The fourth-order valence-corrected chi connectivity index (χ4v) is 3.41. The first kappa shape index (κ1) is 19.1. The number of nitrogens with zero attached hydrogens (tertiary/aromatic N) is 1. The Kier molecular flexibility index (Phi) is 5.31. The van der Waals surface area contributed by atoms with E-state index in [2.05, 4.69) is 10.6 Å². The molecule has 10 heteroatoms. The van der Waals surface area contributed by atoms with Crippen LogP contribution in [0.15, 0.2) is 18.2 Å². The number of carbonyl (C=O) groups excluding carboxylic acids is 4. The van der Waals surface area contributed by atoms with Crippen molar-refractivity contribution in [3.05, 3.63) is 29.0 Å². The zero-order chi connectivity index (χ0) is 19.6. The summed E-state index contributed by atoms with van der Waals surface area (Å²) in [4.78, 5) is 48.9. The summed E-state index contributed by atoms with van der Waals surface area (Å²) in [6.07, 6.45) is 2.72. The monoisotopic (exact) mass is 397 g/mol. The Labute approximate surface area is 159 Å². The lowest BCUT2D eigenvalue weighted by Gasteiger charge is -2.19. The molecule has 1 aliphatic heterocycles. The number of esters is 1. The molecule has 2 aliphatic rings. The predicted molar refractivity (Wildman–Crippen MR) is 92.4 cm³/mol. The Balaban J connectivity index is 1.51. The molecule has 0 aromatic heterocycles. The van der Waals surface area contributed by atoms with Crippen molar-refractivity contribution in [3.63, 3.8) is 0 Å². The molecule has 2 N–H and O–H groups in total. The van der Waals surface area contributed by atoms with E-state index in [1.165, 1.54) is 12.1 Å². The number of hydrogen-bond donors (Lipinski definition) is 2. The first-order valence-corrected chi connectivity index (χ1v) is 8.73. The number of rotatable bonds is 5. The van der Waals surface area contributed by atoms with Crippen LogP contribution in [-0.2, 0) is 19.1 Å². The Morgan fingerprint density at radius 3 is 2.70 bits per heavy atom. The minimum Gasteiger partial charge on any atom is -0.454 e. The molecule has 1 saturated heterocycles. The lowest BCUT2D eigenvalue weighted by Crippen LogP contribution is -2.44. The van der Waals surface area contributed by atoms with Gasteiger partial charge in [-0.15, -0.1) is 0 Å². The van der Waals surface area contributed by atoms with Crippen LogP contribution in [0.2, 0.25) is 5.02 Å². The van der Waals surface area contributed by atoms with Crippen LogP contribution in [0.3, 0.4) is 0 Å². The molecule has 1 saturated carbocycles. The number of amides is 4. The van der Waals surface area contributed by atoms with Gasteiger partial charge in [-0.2, -0.15) is 0 Å². The van der Waals surface area contributed by atoms with Crippen molar-refractivity contribution in [2.45, 2.75) is 31.2 Å². The number of anilines is 1. The van der Waals surface area contributed by atoms with E-state index in [0.29, 0.717) is 12.8 Å². The van der Waals surface area contributed by atoms with Gasteiger partial charge in [-0.25, -0.2) is 9.18 Å². The average molecular weight is 398 g/mol. The van der Waals surface area contributed by atoms with Gasteiger partial charge in [0, 0.05) is 5.02 Å². The molecular formula is C17H17ClFN3O5. The zero-order valence-corrected chi connectivity index (χ0v) is 15.0. The highest BCUT2D eigenvalue weighted by molar-refractivity contribution is 6.30. The van der Waals surface area contributed by atoms with Gasteiger partial charge in [-0.05, 0) is 31.0 Å². The second-order valence-electron chi connectivity index (χ2n) is 6.44. The highest BCUT2D eigenvalue weighted by Gasteiger charge is 2.52. The van der Waals surface area contributed by atoms with Crippen molar-refractivity contribution in [1.29, 1.82) is 0 Å². The molecule has 1 heterocycles. The molecule has 8 nitrogen and oxygen atoms in total. The maximum Gasteiger partial charge on any atom is 0.326 e. The maximum absolute atomic E-state index is 13.6. The summed E-state index contributed by atoms with van der Waals surface area (Å²) in [5.41, 5.74) is -1.07. The molecule has 4 amide bonds. The smallest absolute Gasteiger partial charge is 0.326 e. The van der Waals surface area contributed by atoms with Crippen LogP contribution in [-0.4, -0.2) is 47.4 Å². The van der Waals surface area contributed by atoms with Crippen molar-refractivity contribution in [2.75, 3.05) is 18.5 Å². The molecule has 144 valence electrons. The molecule has 0 unspecified atom stereocenters. The number of imide groups is 1. The van der Waals surface area contributed by atoms with Crippen molar-refractivity contribution in [1.82, 2.24) is 10.2 Å². The van der Waals surface area contributed by atoms with Crippen LogP contribution < -0.4 is 10.6 Å². The van der Waals surface area contributed by atoms with E-state index < -0.39 is 48.3 Å². The number of carbonyl (C=O) groups is 4. The lowest BCUT2D eigenvalue weighted by atomic mass is 9.98. The SMILES string of the molecule is O=C(COC(=O)CN1C(=O)NC2(CCCC2)C1=O)Nc1cc(Cl)ccc1F. The molecule has 1 aromatic rings. The van der Waals surface area contributed by atoms with Gasteiger partial charge in [0.15, 0.2) is 6.61 Å². The van der Waals surface area contributed by atoms with E-state index >= 15 is 0 Å². The summed E-state index contributed by atoms with van der Waals surface area (Å²) < 4.78 is 18.3. The normalized spacial score (nSPS) is 17.9. The Morgan fingerprint density at radius 1 is 1.30 bits per heavy atom. The summed E-state index contributed by atoms with van der Waals surface area (Å²) in [7, 11) is 0. The van der Waals surface area contributed by atoms with Crippen LogP contribution in [0.4, 0.5) is 14.9 Å². The number of ether oxygens (including phenoxy) is 1. The summed E-state index contributed by atoms with van der Waals surface area (Å²) in [5.74, 6) is -2.85. The number of halogens is 2. The standard InChI is InChI=1S/C17H17ClFN3O5/c18-10-3-4-11(19)12(7-10)20-13(23)9-27-14(24)8-22-15(25)17(21-16(22)26)5-1-2-6-17/h3-4,7H,1-2,5-6,8-9H2,(H,20,23)(H,21,26). The molecule has 0 bridgehead atoms. The van der Waals surface area contributed by atoms with E-state index in [1.807, 2.05) is 0 Å². The van der Waals surface area contributed by atoms with E-state index in [9.17, 15) is 23.6 Å². The molecular weight excluding hydrogens is 381 g/mol. The molecule has 3 rings (SSSR count). The molecule has 27 heavy (non-hydrogen) atoms. The minimum absolute atomic E-state index is 0.152. The lowest BCUT2D eigenvalue weighted by molar-refractivity contribution is -0.150. The number of urea groups is 1. The van der Waals surface area contributed by atoms with Crippen molar-refractivity contribution >= 4 is 41.1 Å². The van der Waals surface area contributed by atoms with Gasteiger partial charge in [0.05, 0.1) is 5.69 Å². The van der Waals surface area contributed by atoms with E-state index in [1.54, 1.807) is 0 Å². The van der Waals surface area contributed by atoms with Gasteiger partial charge in [0.1, 0.15) is 17.9 Å². The third-order valence-corrected chi connectivity index (χ3v) is 4.79. The first-order chi connectivity index (χ1) is 12.8. The zero-order valence-electron chi connectivity index (χ0n) is 14.2. The fourth-order valence-electron chi connectivity index (χ4n) is 3.24. The highest BCUT2D eigenvalue weighted by Crippen LogP contribution is 2.34. The second kappa shape index (κ2) is 7.51. The van der Waals surface area contributed by atoms with Gasteiger partial charge in [0.25, 0.3) is 11.8 Å². The third-order valence-electron chi connectivity index (χ3n) is 4.56. The Morgan fingerprint density at radius 2 is 2.00 bits per heavy atom. The summed E-state index contributed by atoms with van der Waals surface area (Å²) >= 11 is 5.72. The van der Waals surface area contributed by atoms with E-state index in [4.69, 9.17) is 16.3 Å². The predicted octanol–water partition coefficient (Wildman–Crippen LogP) is 1.83. The van der Waals surface area contributed by atoms with Crippen LogP contribution in [0, 0.1) is 5.82 Å². The van der Waals surface area contributed by atoms with Gasteiger partial charge in [0.2, 0.25) is 0 Å². The number of nitrogens with one attached hydrogen (secondary N) is 2. The molecule has 1 aliphatic carbocycles. The van der Waals surface area contributed by atoms with Crippen molar-refractivity contribution < 1.29 is 28.3 Å². The van der Waals surface area contributed by atoms with Crippen LogP contribution in [0.25, 0.3) is 0 Å². The maximum atomic E-state index is 13.6. The van der Waals surface area contributed by atoms with Crippen molar-refractivity contribution in [3.8, 4) is 0 Å². The van der Waals surface area contributed by atoms with Crippen molar-refractivity contribution in [2.24, 2.45) is 0 Å². The second-order valence-corrected chi connectivity index (χ2v) is 6.88. The van der Waals surface area contributed by atoms with Crippen LogP contribution in [0.5, 0.6) is 0 Å². The third kappa shape index (κ3) is 4.02. The highest BCUT2D eigenvalue weighted by atomic mass is 35.5. The minimum atomic E-state index is -0.921. The van der Waals surface area contributed by atoms with Gasteiger partial charge < -0.3 is 15.4 Å². The molecule has 1 spiro atoms. The largest absolute Gasteiger partial charge is 0.454 e. The Bertz CT molecular complexity index is 810. The Hall–Kier alpha value is -2.68. The molecule has 0 radical (unpaired) electrons. The van der Waals surface area contributed by atoms with Crippen LogP contribution >= 0.6 is 11.6 Å². The van der Waals surface area contributed by atoms with E-state index in [-0.39, 0.29) is 10.7 Å². The average Bonchev–Trinajstić information content (AvgIpc) is 3.17. The topological polar surface area (TPSA) is 105 Å². The van der Waals surface area contributed by atoms with Crippen LogP contribution in [0.1, 0.15) is 25.7 Å². The van der Waals surface area contributed by atoms with Gasteiger partial charge >= 0.3 is 12.0 Å². The van der Waals surface area contributed by atoms with Gasteiger partial charge in [-0.3, -0.25) is 19.3 Å². The number of hydrogen-bond acceptors (Lipinski definition) is 5. The first-order valence-electron chi connectivity index (χ1n) is 8.35. The summed E-state index contributed by atoms with van der Waals surface area (Å²) in [6, 6.07) is 2.97. The number of benzene rings is 1. The fraction of sp³-hybridized carbons (Fsp3) is 0.412. The van der Waals surface area contributed by atoms with E-state index in [0.717, 1.165) is 23.8 Å². The molecule has 1 aromatic carbocycles.